The Morgan fingerprint density at radius 2 is 2.28 bits per heavy atom. The lowest BCUT2D eigenvalue weighted by molar-refractivity contribution is 0.102. The highest BCUT2D eigenvalue weighted by molar-refractivity contribution is 9.10. The number of amides is 1. The zero-order valence-corrected chi connectivity index (χ0v) is 11.0. The minimum Gasteiger partial charge on any atom is -0.383 e. The van der Waals surface area contributed by atoms with Crippen LogP contribution >= 0.6 is 15.9 Å². The van der Waals surface area contributed by atoms with Gasteiger partial charge in [-0.3, -0.25) is 9.48 Å². The summed E-state index contributed by atoms with van der Waals surface area (Å²) in [6, 6.07) is 4.42. The van der Waals surface area contributed by atoms with E-state index in [1.165, 1.54) is 23.0 Å². The minimum absolute atomic E-state index is 0.0748. The van der Waals surface area contributed by atoms with E-state index < -0.39 is 11.7 Å². The van der Waals surface area contributed by atoms with Gasteiger partial charge in [-0.1, -0.05) is 6.07 Å². The van der Waals surface area contributed by atoms with Crippen molar-refractivity contribution in [3.63, 3.8) is 0 Å². The van der Waals surface area contributed by atoms with Crippen molar-refractivity contribution in [3.8, 4) is 0 Å². The molecule has 0 aliphatic heterocycles. The van der Waals surface area contributed by atoms with Crippen LogP contribution in [0.5, 0.6) is 0 Å². The Hall–Kier alpha value is -1.89. The van der Waals surface area contributed by atoms with Crippen molar-refractivity contribution < 1.29 is 9.18 Å². The Bertz CT molecular complexity index is 591. The predicted octanol–water partition coefficient (Wildman–Crippen LogP) is 2.16. The van der Waals surface area contributed by atoms with Crippen LogP contribution in [0.3, 0.4) is 0 Å². The van der Waals surface area contributed by atoms with E-state index in [4.69, 9.17) is 5.73 Å². The highest BCUT2D eigenvalue weighted by Crippen LogP contribution is 2.26. The van der Waals surface area contributed by atoms with Crippen LogP contribution in [0.1, 0.15) is 10.4 Å². The Balaban J connectivity index is 2.30. The molecule has 18 heavy (non-hydrogen) atoms. The molecule has 0 atom stereocenters. The molecule has 2 rings (SSSR count). The zero-order valence-electron chi connectivity index (χ0n) is 9.45. The van der Waals surface area contributed by atoms with E-state index in [9.17, 15) is 9.18 Å². The van der Waals surface area contributed by atoms with Gasteiger partial charge in [-0.15, -0.1) is 0 Å². The van der Waals surface area contributed by atoms with Crippen LogP contribution in [0, 0.1) is 5.82 Å². The fourth-order valence-corrected chi connectivity index (χ4v) is 1.86. The molecular weight excluding hydrogens is 303 g/mol. The van der Waals surface area contributed by atoms with E-state index in [-0.39, 0.29) is 17.1 Å². The molecule has 0 aliphatic carbocycles. The molecule has 2 aromatic rings. The Labute approximate surface area is 111 Å². The van der Waals surface area contributed by atoms with Gasteiger partial charge in [-0.2, -0.15) is 5.10 Å². The summed E-state index contributed by atoms with van der Waals surface area (Å²) in [4.78, 5) is 11.9. The molecule has 1 aromatic heterocycles. The Kier molecular flexibility index (Phi) is 3.33. The molecule has 7 heteroatoms. The summed E-state index contributed by atoms with van der Waals surface area (Å²) in [5.41, 5.74) is 5.94. The number of aryl methyl sites for hydroxylation is 1. The summed E-state index contributed by atoms with van der Waals surface area (Å²) >= 11 is 3.17. The number of nitrogens with two attached hydrogens (primary N) is 1. The van der Waals surface area contributed by atoms with Crippen molar-refractivity contribution in [1.82, 2.24) is 9.78 Å². The number of carbonyl (C=O) groups is 1. The number of para-hydroxylation sites is 1. The third-order valence-corrected chi connectivity index (χ3v) is 3.09. The molecular formula is C11H10BrFN4O. The lowest BCUT2D eigenvalue weighted by atomic mass is 10.2. The van der Waals surface area contributed by atoms with Gasteiger partial charge >= 0.3 is 0 Å². The first-order valence-corrected chi connectivity index (χ1v) is 5.83. The number of nitrogen functional groups attached to an aromatic ring is 1. The number of halogens is 2. The van der Waals surface area contributed by atoms with Gasteiger partial charge in [0.15, 0.2) is 0 Å². The predicted molar refractivity (Wildman–Crippen MR) is 69.7 cm³/mol. The lowest BCUT2D eigenvalue weighted by Gasteiger charge is -2.07. The van der Waals surface area contributed by atoms with Crippen LogP contribution in [-0.2, 0) is 7.05 Å². The van der Waals surface area contributed by atoms with Crippen molar-refractivity contribution in [2.45, 2.75) is 0 Å². The van der Waals surface area contributed by atoms with Crippen molar-refractivity contribution in [2.75, 3.05) is 11.1 Å². The number of rotatable bonds is 2. The number of nitrogens with zero attached hydrogens (tertiary/aromatic N) is 2. The minimum atomic E-state index is -0.528. The van der Waals surface area contributed by atoms with E-state index in [1.54, 1.807) is 13.1 Å². The van der Waals surface area contributed by atoms with Crippen molar-refractivity contribution in [3.05, 3.63) is 40.2 Å². The van der Waals surface area contributed by atoms with E-state index >= 15 is 0 Å². The molecule has 3 N–H and O–H groups in total. The Morgan fingerprint density at radius 1 is 1.56 bits per heavy atom. The van der Waals surface area contributed by atoms with Crippen LogP contribution in [0.25, 0.3) is 0 Å². The molecule has 1 heterocycles. The summed E-state index contributed by atoms with van der Waals surface area (Å²) in [6.45, 7) is 0. The van der Waals surface area contributed by atoms with Crippen LogP contribution in [0.2, 0.25) is 0 Å². The molecule has 1 aromatic carbocycles. The maximum Gasteiger partial charge on any atom is 0.261 e. The average molecular weight is 313 g/mol. The number of benzene rings is 1. The normalized spacial score (nSPS) is 10.4. The fourth-order valence-electron chi connectivity index (χ4n) is 1.42. The van der Waals surface area contributed by atoms with Gasteiger partial charge < -0.3 is 11.1 Å². The van der Waals surface area contributed by atoms with Crippen LogP contribution < -0.4 is 11.1 Å². The largest absolute Gasteiger partial charge is 0.383 e. The first-order chi connectivity index (χ1) is 8.50. The van der Waals surface area contributed by atoms with E-state index in [0.29, 0.717) is 4.47 Å². The molecule has 0 bridgehead atoms. The van der Waals surface area contributed by atoms with Crippen molar-refractivity contribution >= 4 is 33.3 Å². The Morgan fingerprint density at radius 3 is 2.83 bits per heavy atom. The average Bonchev–Trinajstić information content (AvgIpc) is 2.65. The number of aromatic nitrogens is 2. The quantitative estimate of drug-likeness (QED) is 0.892. The van der Waals surface area contributed by atoms with Crippen LogP contribution in [0.4, 0.5) is 15.9 Å². The van der Waals surface area contributed by atoms with Gasteiger partial charge in [0.1, 0.15) is 17.2 Å². The van der Waals surface area contributed by atoms with E-state index in [0.717, 1.165) is 0 Å². The molecule has 0 radical (unpaired) electrons. The summed E-state index contributed by atoms with van der Waals surface area (Å²) in [6.07, 6.45) is 1.33. The number of hydrogen-bond acceptors (Lipinski definition) is 3. The number of hydrogen-bond donors (Lipinski definition) is 2. The van der Waals surface area contributed by atoms with Crippen LogP contribution in [0.15, 0.2) is 28.9 Å². The first kappa shape index (κ1) is 12.6. The second kappa shape index (κ2) is 4.77. The highest BCUT2D eigenvalue weighted by Gasteiger charge is 2.16. The fraction of sp³-hybridized carbons (Fsp3) is 0.0909. The second-order valence-corrected chi connectivity index (χ2v) is 4.47. The monoisotopic (exact) mass is 312 g/mol. The summed E-state index contributed by atoms with van der Waals surface area (Å²) in [5, 5.41) is 6.30. The SMILES string of the molecule is Cn1ncc(C(=O)Nc2c(F)cccc2Br)c1N. The second-order valence-electron chi connectivity index (χ2n) is 3.62. The summed E-state index contributed by atoms with van der Waals surface area (Å²) < 4.78 is 15.4. The van der Waals surface area contributed by atoms with Gasteiger partial charge in [-0.25, -0.2) is 4.39 Å². The molecule has 0 saturated carbocycles. The first-order valence-electron chi connectivity index (χ1n) is 5.03. The van der Waals surface area contributed by atoms with Crippen molar-refractivity contribution in [2.24, 2.45) is 7.05 Å². The van der Waals surface area contributed by atoms with Gasteiger partial charge in [-0.05, 0) is 28.1 Å². The van der Waals surface area contributed by atoms with Gasteiger partial charge in [0.2, 0.25) is 0 Å². The summed E-state index contributed by atoms with van der Waals surface area (Å²) in [5.74, 6) is -0.813. The molecule has 0 saturated heterocycles. The summed E-state index contributed by atoms with van der Waals surface area (Å²) in [7, 11) is 1.62. The highest BCUT2D eigenvalue weighted by atomic mass is 79.9. The van der Waals surface area contributed by atoms with E-state index in [2.05, 4.69) is 26.3 Å². The topological polar surface area (TPSA) is 72.9 Å². The van der Waals surface area contributed by atoms with E-state index in [1.807, 2.05) is 0 Å². The van der Waals surface area contributed by atoms with Gasteiger partial charge in [0, 0.05) is 11.5 Å². The number of nitrogens with one attached hydrogen (secondary N) is 1. The third-order valence-electron chi connectivity index (χ3n) is 2.43. The smallest absolute Gasteiger partial charge is 0.261 e. The molecule has 94 valence electrons. The van der Waals surface area contributed by atoms with Crippen molar-refractivity contribution in [1.29, 1.82) is 0 Å². The number of carbonyl (C=O) groups excluding carboxylic acids is 1. The molecule has 1 amide bonds. The standard InChI is InChI=1S/C11H10BrFN4O/c1-17-10(14)6(5-15-17)11(18)16-9-7(12)3-2-4-8(9)13/h2-5H,14H2,1H3,(H,16,18). The van der Waals surface area contributed by atoms with Crippen LogP contribution in [-0.4, -0.2) is 15.7 Å². The molecule has 0 fully saturated rings. The third kappa shape index (κ3) is 2.21. The maximum atomic E-state index is 13.5. The number of anilines is 2. The molecule has 0 unspecified atom stereocenters. The molecule has 0 spiro atoms. The molecule has 0 aliphatic rings. The van der Waals surface area contributed by atoms with Gasteiger partial charge in [0.05, 0.1) is 11.9 Å². The van der Waals surface area contributed by atoms with Gasteiger partial charge in [0.25, 0.3) is 5.91 Å². The molecule has 5 nitrogen and oxygen atoms in total. The maximum absolute atomic E-state index is 13.5. The lowest BCUT2D eigenvalue weighted by Crippen LogP contribution is -2.15. The zero-order chi connectivity index (χ0) is 13.3.